The second-order valence-corrected chi connectivity index (χ2v) is 8.84. The monoisotopic (exact) mass is 423 g/mol. The maximum Gasteiger partial charge on any atom is 0.269 e. The maximum absolute atomic E-state index is 14.4. The quantitative estimate of drug-likeness (QED) is 0.442. The van der Waals surface area contributed by atoms with E-state index in [0.717, 1.165) is 33.3 Å². The number of hydrogen-bond acceptors (Lipinski definition) is 3. The van der Waals surface area contributed by atoms with Crippen molar-refractivity contribution in [1.82, 2.24) is 5.43 Å². The molecule has 32 heavy (non-hydrogen) atoms. The summed E-state index contributed by atoms with van der Waals surface area (Å²) in [6, 6.07) is 26.3. The Morgan fingerprint density at radius 1 is 0.938 bits per heavy atom. The largest absolute Gasteiger partial charge is 0.360 e. The summed E-state index contributed by atoms with van der Waals surface area (Å²) in [5.74, 6) is -0.469. The number of benzene rings is 4. The number of hydrazine groups is 1. The van der Waals surface area contributed by atoms with Crippen molar-refractivity contribution in [1.29, 1.82) is 0 Å². The van der Waals surface area contributed by atoms with Crippen LogP contribution in [0.4, 0.5) is 15.8 Å². The van der Waals surface area contributed by atoms with Gasteiger partial charge in [-0.3, -0.25) is 15.2 Å². The molecule has 2 aliphatic rings. The number of nitrogens with one attached hydrogen (secondary N) is 2. The number of nitrogens with zero attached hydrogens (tertiary/aromatic N) is 1. The van der Waals surface area contributed by atoms with Crippen molar-refractivity contribution in [2.45, 2.75) is 24.9 Å². The number of carbonyl (C=O) groups excluding carboxylic acids is 1. The molecule has 0 radical (unpaired) electrons. The fourth-order valence-electron chi connectivity index (χ4n) is 5.49. The van der Waals surface area contributed by atoms with Gasteiger partial charge in [-0.1, -0.05) is 48.5 Å². The van der Waals surface area contributed by atoms with Crippen molar-refractivity contribution >= 4 is 28.1 Å². The minimum atomic E-state index is -0.736. The Morgan fingerprint density at radius 3 is 2.50 bits per heavy atom. The van der Waals surface area contributed by atoms with Gasteiger partial charge in [0.2, 0.25) is 0 Å². The van der Waals surface area contributed by atoms with Gasteiger partial charge in [0.25, 0.3) is 5.91 Å². The van der Waals surface area contributed by atoms with Crippen molar-refractivity contribution in [2.75, 3.05) is 10.3 Å². The Morgan fingerprint density at radius 2 is 1.69 bits per heavy atom. The number of hydrogen-bond donors (Lipinski definition) is 2. The summed E-state index contributed by atoms with van der Waals surface area (Å²) < 4.78 is 14.4. The third-order valence-electron chi connectivity index (χ3n) is 7.22. The molecule has 2 heterocycles. The minimum Gasteiger partial charge on any atom is -0.360 e. The lowest BCUT2D eigenvalue weighted by Gasteiger charge is -2.42. The average Bonchev–Trinajstić information content (AvgIpc) is 3.15. The summed E-state index contributed by atoms with van der Waals surface area (Å²) in [6.07, 6.45) is 0. The van der Waals surface area contributed by atoms with Crippen molar-refractivity contribution in [3.63, 3.8) is 0 Å². The first-order chi connectivity index (χ1) is 15.4. The lowest BCUT2D eigenvalue weighted by atomic mass is 9.71. The Bertz CT molecular complexity index is 1400. The van der Waals surface area contributed by atoms with E-state index in [1.807, 2.05) is 41.4 Å². The van der Waals surface area contributed by atoms with Gasteiger partial charge in [0.05, 0.1) is 11.1 Å². The SMILES string of the molecule is C[C@@]12c3cc(F)ccc3N[C@]1(C)N(NC(=O)c1ccccc1)c1ccc3ccccc3c12. The highest BCUT2D eigenvalue weighted by Gasteiger charge is 2.63. The first-order valence-corrected chi connectivity index (χ1v) is 10.7. The van der Waals surface area contributed by atoms with E-state index in [9.17, 15) is 9.18 Å². The molecule has 2 aliphatic heterocycles. The van der Waals surface area contributed by atoms with E-state index >= 15 is 0 Å². The molecule has 158 valence electrons. The first-order valence-electron chi connectivity index (χ1n) is 10.7. The Labute approximate surface area is 185 Å². The van der Waals surface area contributed by atoms with Gasteiger partial charge >= 0.3 is 0 Å². The van der Waals surface area contributed by atoms with Gasteiger partial charge in [-0.25, -0.2) is 4.39 Å². The lowest BCUT2D eigenvalue weighted by molar-refractivity contribution is 0.0936. The molecule has 2 atom stereocenters. The van der Waals surface area contributed by atoms with E-state index in [1.54, 1.807) is 24.3 Å². The van der Waals surface area contributed by atoms with Crippen LogP contribution >= 0.6 is 0 Å². The van der Waals surface area contributed by atoms with E-state index in [1.165, 1.54) is 6.07 Å². The summed E-state index contributed by atoms with van der Waals surface area (Å²) in [5.41, 5.74) is 6.10. The third-order valence-corrected chi connectivity index (χ3v) is 7.22. The summed E-state index contributed by atoms with van der Waals surface area (Å²) in [5, 5.41) is 7.72. The van der Waals surface area contributed by atoms with Gasteiger partial charge in [-0.15, -0.1) is 0 Å². The highest BCUT2D eigenvalue weighted by molar-refractivity contribution is 6.00. The van der Waals surface area contributed by atoms with E-state index in [2.05, 4.69) is 42.8 Å². The lowest BCUT2D eigenvalue weighted by Crippen LogP contribution is -2.62. The van der Waals surface area contributed by atoms with E-state index in [-0.39, 0.29) is 11.7 Å². The highest BCUT2D eigenvalue weighted by Crippen LogP contribution is 2.61. The number of fused-ring (bicyclic) bond motifs is 7. The van der Waals surface area contributed by atoms with Crippen molar-refractivity contribution in [2.24, 2.45) is 0 Å². The van der Waals surface area contributed by atoms with Gasteiger partial charge in [-0.05, 0) is 72.1 Å². The van der Waals surface area contributed by atoms with Crippen LogP contribution in [0.5, 0.6) is 0 Å². The molecule has 6 rings (SSSR count). The van der Waals surface area contributed by atoms with Crippen LogP contribution in [0.25, 0.3) is 10.8 Å². The maximum atomic E-state index is 14.4. The molecule has 0 fully saturated rings. The van der Waals surface area contributed by atoms with Crippen LogP contribution in [0.15, 0.2) is 84.9 Å². The van der Waals surface area contributed by atoms with Gasteiger partial charge in [0, 0.05) is 11.3 Å². The van der Waals surface area contributed by atoms with Gasteiger partial charge < -0.3 is 5.32 Å². The zero-order valence-corrected chi connectivity index (χ0v) is 17.8. The number of anilines is 2. The van der Waals surface area contributed by atoms with Crippen molar-refractivity contribution < 1.29 is 9.18 Å². The molecular weight excluding hydrogens is 401 g/mol. The molecule has 0 saturated carbocycles. The number of rotatable bonds is 2. The summed E-state index contributed by atoms with van der Waals surface area (Å²) in [6.45, 7) is 4.19. The molecule has 0 saturated heterocycles. The molecule has 4 aromatic carbocycles. The van der Waals surface area contributed by atoms with E-state index in [0.29, 0.717) is 5.56 Å². The summed E-state index contributed by atoms with van der Waals surface area (Å²) >= 11 is 0. The van der Waals surface area contributed by atoms with Crippen LogP contribution in [0.3, 0.4) is 0 Å². The predicted molar refractivity (Wildman–Crippen MR) is 125 cm³/mol. The van der Waals surface area contributed by atoms with Gasteiger partial charge in [-0.2, -0.15) is 0 Å². The third kappa shape index (κ3) is 2.28. The summed E-state index contributed by atoms with van der Waals surface area (Å²) in [7, 11) is 0. The summed E-state index contributed by atoms with van der Waals surface area (Å²) in [4.78, 5) is 13.2. The molecule has 0 aromatic heterocycles. The molecule has 0 bridgehead atoms. The van der Waals surface area contributed by atoms with Gasteiger partial charge in [0.15, 0.2) is 0 Å². The number of halogens is 1. The zero-order valence-electron chi connectivity index (χ0n) is 17.8. The molecule has 0 spiro atoms. The molecule has 1 amide bonds. The van der Waals surface area contributed by atoms with Crippen LogP contribution in [0, 0.1) is 5.82 Å². The normalized spacial score (nSPS) is 22.8. The fourth-order valence-corrected chi connectivity index (χ4v) is 5.49. The topological polar surface area (TPSA) is 44.4 Å². The molecule has 4 nitrogen and oxygen atoms in total. The second kappa shape index (κ2) is 6.33. The van der Waals surface area contributed by atoms with Crippen molar-refractivity contribution in [3.8, 4) is 0 Å². The van der Waals surface area contributed by atoms with E-state index in [4.69, 9.17) is 0 Å². The first kappa shape index (κ1) is 18.9. The molecule has 4 aromatic rings. The zero-order chi connectivity index (χ0) is 22.1. The fraction of sp³-hybridized carbons (Fsp3) is 0.148. The Balaban J connectivity index is 1.61. The average molecular weight is 423 g/mol. The van der Waals surface area contributed by atoms with Crippen molar-refractivity contribution in [3.05, 3.63) is 107 Å². The number of carbonyl (C=O) groups is 1. The number of amides is 1. The van der Waals surface area contributed by atoms with Crippen LogP contribution in [-0.4, -0.2) is 11.6 Å². The van der Waals surface area contributed by atoms with Crippen LogP contribution < -0.4 is 15.8 Å². The molecule has 2 N–H and O–H groups in total. The molecule has 5 heteroatoms. The van der Waals surface area contributed by atoms with Crippen LogP contribution in [0.2, 0.25) is 0 Å². The molecule has 0 aliphatic carbocycles. The van der Waals surface area contributed by atoms with Crippen LogP contribution in [0.1, 0.15) is 35.3 Å². The standard InChI is InChI=1S/C27H22FN3O/c1-26-21-16-19(28)13-14-22(21)29-27(26,2)31(30-25(32)18-9-4-3-5-10-18)23-15-12-17-8-6-7-11-20(17)24(23)26/h3-16,29H,1-2H3,(H,30,32)/t26-,27+/m0/s1. The van der Waals surface area contributed by atoms with Crippen LogP contribution in [-0.2, 0) is 5.41 Å². The smallest absolute Gasteiger partial charge is 0.269 e. The second-order valence-electron chi connectivity index (χ2n) is 8.84. The molecule has 0 unspecified atom stereocenters. The van der Waals surface area contributed by atoms with E-state index < -0.39 is 11.1 Å². The minimum absolute atomic E-state index is 0.195. The Kier molecular flexibility index (Phi) is 3.73. The molecular formula is C27H22FN3O. The predicted octanol–water partition coefficient (Wildman–Crippen LogP) is 5.59. The van der Waals surface area contributed by atoms with Gasteiger partial charge in [0.1, 0.15) is 11.5 Å². The Hall–Kier alpha value is -3.86. The highest BCUT2D eigenvalue weighted by atomic mass is 19.1.